The van der Waals surface area contributed by atoms with Gasteiger partial charge in [0.05, 0.1) is 18.5 Å². The first-order valence-electron chi connectivity index (χ1n) is 6.16. The van der Waals surface area contributed by atoms with Gasteiger partial charge in [-0.1, -0.05) is 13.8 Å². The molecule has 0 bridgehead atoms. The number of rotatable bonds is 6. The Bertz CT molecular complexity index is 459. The maximum atomic E-state index is 5.52. The molecule has 4 heteroatoms. The summed E-state index contributed by atoms with van der Waals surface area (Å²) in [6.07, 6.45) is 4.66. The summed E-state index contributed by atoms with van der Waals surface area (Å²) in [6.45, 7) is 6.88. The summed E-state index contributed by atoms with van der Waals surface area (Å²) in [4.78, 5) is 0. The molecule has 17 heavy (non-hydrogen) atoms. The van der Waals surface area contributed by atoms with Gasteiger partial charge >= 0.3 is 0 Å². The summed E-state index contributed by atoms with van der Waals surface area (Å²) in [5.74, 6) is 0.977. The van der Waals surface area contributed by atoms with Gasteiger partial charge in [-0.05, 0) is 25.1 Å². The first-order chi connectivity index (χ1) is 8.36. The fourth-order valence-electron chi connectivity index (χ4n) is 1.90. The lowest BCUT2D eigenvalue weighted by Crippen LogP contribution is -2.12. The second-order valence-electron chi connectivity index (χ2n) is 3.98. The van der Waals surface area contributed by atoms with Gasteiger partial charge in [-0.2, -0.15) is 5.10 Å². The van der Waals surface area contributed by atoms with E-state index in [1.165, 1.54) is 0 Å². The highest BCUT2D eigenvalue weighted by Gasteiger charge is 2.12. The van der Waals surface area contributed by atoms with Crippen LogP contribution < -0.4 is 5.32 Å². The molecule has 2 heterocycles. The van der Waals surface area contributed by atoms with Crippen LogP contribution in [0.1, 0.15) is 26.0 Å². The van der Waals surface area contributed by atoms with E-state index in [4.69, 9.17) is 4.42 Å². The number of nitrogens with one attached hydrogen (secondary N) is 1. The van der Waals surface area contributed by atoms with Crippen molar-refractivity contribution in [2.75, 3.05) is 6.54 Å². The quantitative estimate of drug-likeness (QED) is 0.834. The van der Waals surface area contributed by atoms with Gasteiger partial charge in [0.15, 0.2) is 0 Å². The van der Waals surface area contributed by atoms with Crippen molar-refractivity contribution < 1.29 is 4.42 Å². The maximum absolute atomic E-state index is 5.52. The summed E-state index contributed by atoms with van der Waals surface area (Å²) >= 11 is 0. The summed E-state index contributed by atoms with van der Waals surface area (Å²) in [7, 11) is 0. The minimum Gasteiger partial charge on any atom is -0.467 e. The van der Waals surface area contributed by atoms with Crippen molar-refractivity contribution in [3.05, 3.63) is 30.4 Å². The van der Waals surface area contributed by atoms with E-state index >= 15 is 0 Å². The van der Waals surface area contributed by atoms with E-state index in [9.17, 15) is 0 Å². The number of aromatic nitrogens is 2. The Morgan fingerprint density at radius 3 is 3.00 bits per heavy atom. The molecule has 2 aromatic rings. The molecular formula is C13H19N3O. The monoisotopic (exact) mass is 233 g/mol. The van der Waals surface area contributed by atoms with Gasteiger partial charge < -0.3 is 9.73 Å². The average Bonchev–Trinajstić information content (AvgIpc) is 2.94. The Hall–Kier alpha value is -1.55. The van der Waals surface area contributed by atoms with Gasteiger partial charge in [0.1, 0.15) is 5.76 Å². The van der Waals surface area contributed by atoms with Gasteiger partial charge in [0.2, 0.25) is 0 Å². The van der Waals surface area contributed by atoms with Crippen molar-refractivity contribution in [1.29, 1.82) is 0 Å². The average molecular weight is 233 g/mol. The van der Waals surface area contributed by atoms with E-state index in [0.29, 0.717) is 0 Å². The van der Waals surface area contributed by atoms with E-state index in [1.54, 1.807) is 6.26 Å². The first-order valence-corrected chi connectivity index (χ1v) is 6.16. The van der Waals surface area contributed by atoms with E-state index in [-0.39, 0.29) is 0 Å². The summed E-state index contributed by atoms with van der Waals surface area (Å²) < 4.78 is 7.55. The highest BCUT2D eigenvalue weighted by atomic mass is 16.3. The summed E-state index contributed by atoms with van der Waals surface area (Å²) in [6, 6.07) is 4.05. The molecule has 92 valence electrons. The van der Waals surface area contributed by atoms with Crippen LogP contribution in [0.25, 0.3) is 11.3 Å². The molecule has 0 aliphatic rings. The minimum absolute atomic E-state index is 0.760. The molecule has 0 amide bonds. The summed E-state index contributed by atoms with van der Waals surface area (Å²) in [5.41, 5.74) is 2.27. The molecule has 0 aromatic carbocycles. The highest BCUT2D eigenvalue weighted by molar-refractivity contribution is 5.61. The van der Waals surface area contributed by atoms with E-state index in [1.807, 2.05) is 23.0 Å². The van der Waals surface area contributed by atoms with Crippen molar-refractivity contribution >= 4 is 0 Å². The third-order valence-electron chi connectivity index (χ3n) is 2.71. The molecule has 0 spiro atoms. The number of furan rings is 1. The zero-order valence-corrected chi connectivity index (χ0v) is 10.4. The molecule has 2 rings (SSSR count). The van der Waals surface area contributed by atoms with Gasteiger partial charge in [-0.25, -0.2) is 0 Å². The lowest BCUT2D eigenvalue weighted by Gasteiger charge is -2.06. The molecule has 4 nitrogen and oxygen atoms in total. The zero-order valence-electron chi connectivity index (χ0n) is 10.4. The molecule has 0 atom stereocenters. The van der Waals surface area contributed by atoms with Crippen molar-refractivity contribution in [2.45, 2.75) is 33.4 Å². The lowest BCUT2D eigenvalue weighted by molar-refractivity contribution is 0.488. The Balaban J connectivity index is 2.26. The highest BCUT2D eigenvalue weighted by Crippen LogP contribution is 2.24. The molecular weight excluding hydrogens is 214 g/mol. The van der Waals surface area contributed by atoms with Crippen LogP contribution in [0.2, 0.25) is 0 Å². The second-order valence-corrected chi connectivity index (χ2v) is 3.98. The molecule has 0 radical (unpaired) electrons. The predicted molar refractivity (Wildman–Crippen MR) is 67.6 cm³/mol. The van der Waals surface area contributed by atoms with Crippen LogP contribution in [0.3, 0.4) is 0 Å². The molecule has 0 unspecified atom stereocenters. The fraction of sp³-hybridized carbons (Fsp3) is 0.462. The summed E-state index contributed by atoms with van der Waals surface area (Å²) in [5, 5.41) is 7.62. The van der Waals surface area contributed by atoms with Crippen molar-refractivity contribution in [3.63, 3.8) is 0 Å². The van der Waals surface area contributed by atoms with Crippen molar-refractivity contribution in [1.82, 2.24) is 15.1 Å². The molecule has 0 saturated heterocycles. The predicted octanol–water partition coefficient (Wildman–Crippen LogP) is 2.66. The van der Waals surface area contributed by atoms with Crippen LogP contribution in [0, 0.1) is 0 Å². The number of nitrogens with zero attached hydrogens (tertiary/aromatic N) is 2. The maximum Gasteiger partial charge on any atom is 0.126 e. The van der Waals surface area contributed by atoms with Crippen LogP contribution in [0.4, 0.5) is 0 Å². The van der Waals surface area contributed by atoms with Crippen LogP contribution in [-0.4, -0.2) is 16.3 Å². The van der Waals surface area contributed by atoms with Crippen LogP contribution >= 0.6 is 0 Å². The van der Waals surface area contributed by atoms with E-state index in [2.05, 4.69) is 24.3 Å². The number of hydrogen-bond acceptors (Lipinski definition) is 3. The van der Waals surface area contributed by atoms with Gasteiger partial charge in [0.25, 0.3) is 0 Å². The van der Waals surface area contributed by atoms with Crippen LogP contribution in [0.15, 0.2) is 29.0 Å². The minimum atomic E-state index is 0.760. The third kappa shape index (κ3) is 2.58. The lowest BCUT2D eigenvalue weighted by atomic mass is 10.2. The number of aryl methyl sites for hydroxylation is 1. The first kappa shape index (κ1) is 11.9. The van der Waals surface area contributed by atoms with Crippen molar-refractivity contribution in [3.8, 4) is 11.3 Å². The van der Waals surface area contributed by atoms with Gasteiger partial charge in [-0.15, -0.1) is 0 Å². The van der Waals surface area contributed by atoms with E-state index in [0.717, 1.165) is 43.1 Å². The Morgan fingerprint density at radius 2 is 2.24 bits per heavy atom. The normalized spacial score (nSPS) is 10.9. The SMILES string of the molecule is CCCn1nccc1-c1ccoc1CNCC. The third-order valence-corrected chi connectivity index (χ3v) is 2.71. The molecule has 0 aliphatic carbocycles. The second kappa shape index (κ2) is 5.68. The smallest absolute Gasteiger partial charge is 0.126 e. The topological polar surface area (TPSA) is 43.0 Å². The Kier molecular flexibility index (Phi) is 3.98. The van der Waals surface area contributed by atoms with E-state index < -0.39 is 0 Å². The molecule has 1 N–H and O–H groups in total. The Labute approximate surface area is 102 Å². The fourth-order valence-corrected chi connectivity index (χ4v) is 1.90. The Morgan fingerprint density at radius 1 is 1.35 bits per heavy atom. The standard InChI is InChI=1S/C13H19N3O/c1-3-8-16-12(5-7-15-16)11-6-9-17-13(11)10-14-4-2/h5-7,9,14H,3-4,8,10H2,1-2H3. The molecule has 0 saturated carbocycles. The number of hydrogen-bond donors (Lipinski definition) is 1. The van der Waals surface area contributed by atoms with Gasteiger partial charge in [0, 0.05) is 18.3 Å². The van der Waals surface area contributed by atoms with Crippen molar-refractivity contribution in [2.24, 2.45) is 0 Å². The van der Waals surface area contributed by atoms with Crippen LogP contribution in [-0.2, 0) is 13.1 Å². The van der Waals surface area contributed by atoms with Gasteiger partial charge in [-0.3, -0.25) is 4.68 Å². The largest absolute Gasteiger partial charge is 0.467 e. The molecule has 0 aliphatic heterocycles. The molecule has 2 aromatic heterocycles. The molecule has 0 fully saturated rings. The van der Waals surface area contributed by atoms with Crippen LogP contribution in [0.5, 0.6) is 0 Å². The zero-order chi connectivity index (χ0) is 12.1.